The molecule has 1 aromatic rings. The van der Waals surface area contributed by atoms with Crippen molar-refractivity contribution >= 4 is 12.2 Å². The summed E-state index contributed by atoms with van der Waals surface area (Å²) in [6, 6.07) is 0. The van der Waals surface area contributed by atoms with Crippen LogP contribution in [0.3, 0.4) is 0 Å². The van der Waals surface area contributed by atoms with E-state index in [1.165, 1.54) is 0 Å². The molecule has 0 aliphatic carbocycles. The van der Waals surface area contributed by atoms with Crippen molar-refractivity contribution in [2.45, 2.75) is 26.9 Å². The maximum Gasteiger partial charge on any atom is 0.314 e. The maximum atomic E-state index is 5.50. The van der Waals surface area contributed by atoms with Crippen molar-refractivity contribution in [3.63, 3.8) is 0 Å². The van der Waals surface area contributed by atoms with Crippen LogP contribution >= 0.6 is 12.2 Å². The molecule has 13 heavy (non-hydrogen) atoms. The molecule has 0 saturated carbocycles. The molecule has 0 aliphatic rings. The van der Waals surface area contributed by atoms with Crippen LogP contribution in [-0.2, 0) is 4.74 Å². The van der Waals surface area contributed by atoms with Gasteiger partial charge in [-0.1, -0.05) is 13.8 Å². The van der Waals surface area contributed by atoms with E-state index in [2.05, 4.69) is 24.0 Å². The molecule has 0 radical (unpaired) electrons. The number of nitrogens with one attached hydrogen (secondary N) is 1. The number of rotatable bonds is 4. The molecule has 4 nitrogen and oxygen atoms in total. The van der Waals surface area contributed by atoms with E-state index >= 15 is 0 Å². The van der Waals surface area contributed by atoms with Crippen LogP contribution in [0.5, 0.6) is 0 Å². The number of H-pyrrole nitrogens is 1. The minimum absolute atomic E-state index is 0.0644. The molecule has 0 spiro atoms. The highest BCUT2D eigenvalue weighted by Crippen LogP contribution is 2.22. The number of aromatic nitrogens is 2. The Bertz CT molecular complexity index is 305. The summed E-state index contributed by atoms with van der Waals surface area (Å²) in [7, 11) is 0. The summed E-state index contributed by atoms with van der Waals surface area (Å²) in [5.41, 5.74) is 0. The summed E-state index contributed by atoms with van der Waals surface area (Å²) < 4.78 is 10.3. The summed E-state index contributed by atoms with van der Waals surface area (Å²) in [5.74, 6) is 1.01. The highest BCUT2D eigenvalue weighted by Gasteiger charge is 2.19. The van der Waals surface area contributed by atoms with Crippen molar-refractivity contribution in [2.75, 3.05) is 6.61 Å². The van der Waals surface area contributed by atoms with Crippen molar-refractivity contribution in [3.8, 4) is 0 Å². The van der Waals surface area contributed by atoms with Crippen molar-refractivity contribution < 1.29 is 9.26 Å². The number of hydrogen-bond donors (Lipinski definition) is 1. The molecule has 0 aromatic carbocycles. The van der Waals surface area contributed by atoms with Gasteiger partial charge in [0.1, 0.15) is 6.10 Å². The molecule has 0 saturated heterocycles. The van der Waals surface area contributed by atoms with E-state index in [0.717, 1.165) is 0 Å². The third-order valence-corrected chi connectivity index (χ3v) is 1.85. The first-order valence-electron chi connectivity index (χ1n) is 4.32. The lowest BCUT2D eigenvalue weighted by Crippen LogP contribution is -2.12. The molecule has 0 aliphatic heterocycles. The number of nitrogens with zero attached hydrogens (tertiary/aromatic N) is 1. The molecule has 1 unspecified atom stereocenters. The largest absolute Gasteiger partial charge is 0.370 e. The predicted molar refractivity (Wildman–Crippen MR) is 50.9 cm³/mol. The van der Waals surface area contributed by atoms with Gasteiger partial charge in [0, 0.05) is 6.61 Å². The Morgan fingerprint density at radius 1 is 1.62 bits per heavy atom. The van der Waals surface area contributed by atoms with Gasteiger partial charge in [0.05, 0.1) is 0 Å². The Morgan fingerprint density at radius 2 is 2.31 bits per heavy atom. The third kappa shape index (κ3) is 2.63. The molecule has 1 N–H and O–H groups in total. The lowest BCUT2D eigenvalue weighted by atomic mass is 10.1. The van der Waals surface area contributed by atoms with Crippen molar-refractivity contribution in [3.05, 3.63) is 10.7 Å². The Hall–Kier alpha value is -0.680. The van der Waals surface area contributed by atoms with Gasteiger partial charge in [-0.05, 0) is 25.1 Å². The van der Waals surface area contributed by atoms with Gasteiger partial charge >= 0.3 is 4.84 Å². The van der Waals surface area contributed by atoms with Crippen LogP contribution < -0.4 is 0 Å². The van der Waals surface area contributed by atoms with Crippen molar-refractivity contribution in [1.82, 2.24) is 10.1 Å². The topological polar surface area (TPSA) is 51.1 Å². The maximum absolute atomic E-state index is 5.50. The Labute approximate surface area is 82.3 Å². The van der Waals surface area contributed by atoms with Crippen molar-refractivity contribution in [1.29, 1.82) is 0 Å². The predicted octanol–water partition coefficient (Wildman–Crippen LogP) is 2.47. The molecular weight excluding hydrogens is 188 g/mol. The molecule has 1 rings (SSSR count). The minimum atomic E-state index is -0.0644. The van der Waals surface area contributed by atoms with E-state index in [4.69, 9.17) is 21.5 Å². The lowest BCUT2D eigenvalue weighted by molar-refractivity contribution is 0.0217. The van der Waals surface area contributed by atoms with E-state index in [1.54, 1.807) is 0 Å². The molecule has 0 bridgehead atoms. The number of ether oxygens (including phenoxy) is 1. The highest BCUT2D eigenvalue weighted by atomic mass is 32.1. The average molecular weight is 202 g/mol. The molecular formula is C8H14N2O2S. The van der Waals surface area contributed by atoms with Crippen LogP contribution in [0.25, 0.3) is 0 Å². The van der Waals surface area contributed by atoms with Gasteiger partial charge in [-0.25, -0.2) is 5.16 Å². The summed E-state index contributed by atoms with van der Waals surface area (Å²) in [6.45, 7) is 6.72. The van der Waals surface area contributed by atoms with Gasteiger partial charge < -0.3 is 9.26 Å². The van der Waals surface area contributed by atoms with Gasteiger partial charge in [-0.2, -0.15) is 4.98 Å². The monoisotopic (exact) mass is 202 g/mol. The normalized spacial score (nSPS) is 13.5. The quantitative estimate of drug-likeness (QED) is 0.762. The van der Waals surface area contributed by atoms with Crippen LogP contribution in [0, 0.1) is 10.8 Å². The zero-order chi connectivity index (χ0) is 9.84. The van der Waals surface area contributed by atoms with Crippen LogP contribution in [0.4, 0.5) is 0 Å². The molecule has 0 amide bonds. The Kier molecular flexibility index (Phi) is 3.62. The Balaban J connectivity index is 2.81. The first-order chi connectivity index (χ1) is 6.15. The fraction of sp³-hybridized carbons (Fsp3) is 0.750. The van der Waals surface area contributed by atoms with Gasteiger partial charge in [0.2, 0.25) is 0 Å². The summed E-state index contributed by atoms with van der Waals surface area (Å²) in [4.78, 5) is 4.24. The summed E-state index contributed by atoms with van der Waals surface area (Å²) in [6.07, 6.45) is -0.0644. The van der Waals surface area contributed by atoms with Crippen molar-refractivity contribution in [2.24, 2.45) is 5.92 Å². The van der Waals surface area contributed by atoms with E-state index in [-0.39, 0.29) is 10.9 Å². The molecule has 0 fully saturated rings. The standard InChI is InChI=1S/C8H14N2O2S/c1-4-11-6(5(2)3)7-9-8(13)12-10-7/h5-6H,4H2,1-3H3,(H,9,10,13). The average Bonchev–Trinajstić information content (AvgIpc) is 2.46. The zero-order valence-corrected chi connectivity index (χ0v) is 8.85. The van der Waals surface area contributed by atoms with Gasteiger partial charge in [0.25, 0.3) is 0 Å². The second kappa shape index (κ2) is 4.53. The zero-order valence-electron chi connectivity index (χ0n) is 8.03. The van der Waals surface area contributed by atoms with E-state index in [9.17, 15) is 0 Å². The van der Waals surface area contributed by atoms with Crippen LogP contribution in [-0.4, -0.2) is 16.7 Å². The van der Waals surface area contributed by atoms with E-state index in [0.29, 0.717) is 18.3 Å². The van der Waals surface area contributed by atoms with Crippen LogP contribution in [0.1, 0.15) is 32.7 Å². The third-order valence-electron chi connectivity index (χ3n) is 1.68. The molecule has 1 aromatic heterocycles. The first kappa shape index (κ1) is 10.4. The minimum Gasteiger partial charge on any atom is -0.370 e. The van der Waals surface area contributed by atoms with E-state index < -0.39 is 0 Å². The smallest absolute Gasteiger partial charge is 0.314 e. The molecule has 1 heterocycles. The second-order valence-corrected chi connectivity index (χ2v) is 3.44. The fourth-order valence-corrected chi connectivity index (χ4v) is 1.27. The lowest BCUT2D eigenvalue weighted by Gasteiger charge is -2.17. The Morgan fingerprint density at radius 3 is 2.69 bits per heavy atom. The van der Waals surface area contributed by atoms with Gasteiger partial charge in [-0.15, -0.1) is 0 Å². The van der Waals surface area contributed by atoms with Crippen LogP contribution in [0.15, 0.2) is 4.52 Å². The molecule has 74 valence electrons. The SMILES string of the molecule is CCOC(c1nc(=S)o[nH]1)C(C)C. The second-order valence-electron chi connectivity index (χ2n) is 3.09. The van der Waals surface area contributed by atoms with Crippen LogP contribution in [0.2, 0.25) is 0 Å². The first-order valence-corrected chi connectivity index (χ1v) is 4.73. The molecule has 1 atom stereocenters. The number of aromatic amines is 1. The van der Waals surface area contributed by atoms with E-state index in [1.807, 2.05) is 6.92 Å². The molecule has 5 heteroatoms. The summed E-state index contributed by atoms with van der Waals surface area (Å²) in [5, 5.41) is 2.66. The fourth-order valence-electron chi connectivity index (χ4n) is 1.13. The summed E-state index contributed by atoms with van der Waals surface area (Å²) >= 11 is 4.76. The van der Waals surface area contributed by atoms with Gasteiger partial charge in [-0.3, -0.25) is 0 Å². The highest BCUT2D eigenvalue weighted by molar-refractivity contribution is 7.71. The number of hydrogen-bond acceptors (Lipinski definition) is 4. The van der Waals surface area contributed by atoms with Gasteiger partial charge in [0.15, 0.2) is 5.82 Å².